The highest BCUT2D eigenvalue weighted by Crippen LogP contribution is 2.20. The zero-order valence-electron chi connectivity index (χ0n) is 14.4. The Bertz CT molecular complexity index is 970. The molecule has 0 atom stereocenters. The minimum absolute atomic E-state index is 0.133. The molecule has 0 aliphatic rings. The first kappa shape index (κ1) is 19.3. The van der Waals surface area contributed by atoms with E-state index >= 15 is 0 Å². The molecule has 3 aromatic rings. The number of carbonyl (C=O) groups is 1. The molecule has 0 spiro atoms. The standard InChI is InChI=1S/C20H16BrFN2O2S/c1-13-23-16(12-27-13)11-26-17-6-2-14(3-7-17)4-9-20(25)24-19-8-5-15(21)10-18(19)22/h2-10,12H,11H2,1H3,(H,24,25)/b9-4+. The first-order valence-electron chi connectivity index (χ1n) is 8.07. The fourth-order valence-electron chi connectivity index (χ4n) is 2.24. The lowest BCUT2D eigenvalue weighted by Crippen LogP contribution is -2.09. The molecule has 0 aliphatic heterocycles. The molecule has 138 valence electrons. The molecule has 0 radical (unpaired) electrons. The summed E-state index contributed by atoms with van der Waals surface area (Å²) < 4.78 is 20.0. The fourth-order valence-corrected chi connectivity index (χ4v) is 3.17. The van der Waals surface area contributed by atoms with E-state index in [2.05, 4.69) is 26.2 Å². The molecule has 1 N–H and O–H groups in total. The molecular weight excluding hydrogens is 431 g/mol. The number of halogens is 2. The zero-order chi connectivity index (χ0) is 19.2. The van der Waals surface area contributed by atoms with E-state index in [1.807, 2.05) is 36.6 Å². The molecule has 27 heavy (non-hydrogen) atoms. The van der Waals surface area contributed by atoms with Crippen LogP contribution in [0.2, 0.25) is 0 Å². The lowest BCUT2D eigenvalue weighted by molar-refractivity contribution is -0.111. The topological polar surface area (TPSA) is 51.2 Å². The smallest absolute Gasteiger partial charge is 0.248 e. The van der Waals surface area contributed by atoms with Crippen molar-refractivity contribution in [3.05, 3.63) is 80.5 Å². The molecule has 1 amide bonds. The van der Waals surface area contributed by atoms with Gasteiger partial charge in [0.25, 0.3) is 0 Å². The third-order valence-electron chi connectivity index (χ3n) is 3.55. The summed E-state index contributed by atoms with van der Waals surface area (Å²) in [5.74, 6) is -0.183. The molecule has 0 bridgehead atoms. The summed E-state index contributed by atoms with van der Waals surface area (Å²) in [6.07, 6.45) is 3.01. The number of carbonyl (C=O) groups excluding carboxylic acids is 1. The van der Waals surface area contributed by atoms with Crippen molar-refractivity contribution < 1.29 is 13.9 Å². The Morgan fingerprint density at radius 3 is 2.74 bits per heavy atom. The molecule has 1 aromatic heterocycles. The highest BCUT2D eigenvalue weighted by Gasteiger charge is 2.05. The number of aromatic nitrogens is 1. The lowest BCUT2D eigenvalue weighted by Gasteiger charge is -2.05. The van der Waals surface area contributed by atoms with Crippen LogP contribution in [0.3, 0.4) is 0 Å². The molecule has 1 heterocycles. The predicted octanol–water partition coefficient (Wildman–Crippen LogP) is 5.58. The zero-order valence-corrected chi connectivity index (χ0v) is 16.8. The van der Waals surface area contributed by atoms with Gasteiger partial charge in [-0.05, 0) is 48.9 Å². The third kappa shape index (κ3) is 5.74. The molecule has 0 saturated heterocycles. The number of hydrogen-bond donors (Lipinski definition) is 1. The second-order valence-electron chi connectivity index (χ2n) is 5.66. The summed E-state index contributed by atoms with van der Waals surface area (Å²) in [6.45, 7) is 2.37. The van der Waals surface area contributed by atoms with E-state index in [4.69, 9.17) is 4.74 Å². The van der Waals surface area contributed by atoms with Crippen LogP contribution in [-0.4, -0.2) is 10.9 Å². The van der Waals surface area contributed by atoms with Crippen molar-refractivity contribution in [3.8, 4) is 5.75 Å². The summed E-state index contributed by atoms with van der Waals surface area (Å²) in [6, 6.07) is 11.8. The number of aryl methyl sites for hydroxylation is 1. The maximum Gasteiger partial charge on any atom is 0.248 e. The van der Waals surface area contributed by atoms with Gasteiger partial charge in [-0.25, -0.2) is 9.37 Å². The van der Waals surface area contributed by atoms with E-state index in [9.17, 15) is 9.18 Å². The number of hydrogen-bond acceptors (Lipinski definition) is 4. The Balaban J connectivity index is 1.54. The van der Waals surface area contributed by atoms with Gasteiger partial charge in [-0.15, -0.1) is 11.3 Å². The lowest BCUT2D eigenvalue weighted by atomic mass is 10.2. The Morgan fingerprint density at radius 1 is 1.30 bits per heavy atom. The Hall–Kier alpha value is -2.51. The van der Waals surface area contributed by atoms with Gasteiger partial charge in [-0.3, -0.25) is 4.79 Å². The molecule has 7 heteroatoms. The quantitative estimate of drug-likeness (QED) is 0.502. The van der Waals surface area contributed by atoms with Crippen molar-refractivity contribution in [1.82, 2.24) is 4.98 Å². The second kappa shape index (κ2) is 8.92. The number of nitrogens with zero attached hydrogens (tertiary/aromatic N) is 1. The Labute approximate surface area is 168 Å². The van der Waals surface area contributed by atoms with Crippen LogP contribution in [-0.2, 0) is 11.4 Å². The maximum atomic E-state index is 13.7. The van der Waals surface area contributed by atoms with Crippen molar-refractivity contribution in [3.63, 3.8) is 0 Å². The number of thiazole rings is 1. The molecule has 0 aliphatic carbocycles. The molecule has 3 rings (SSSR count). The first-order chi connectivity index (χ1) is 13.0. The monoisotopic (exact) mass is 446 g/mol. The number of amides is 1. The number of rotatable bonds is 6. The van der Waals surface area contributed by atoms with Gasteiger partial charge < -0.3 is 10.1 Å². The van der Waals surface area contributed by atoms with Crippen molar-refractivity contribution in [2.24, 2.45) is 0 Å². The number of anilines is 1. The van der Waals surface area contributed by atoms with E-state index in [1.165, 1.54) is 18.2 Å². The minimum atomic E-state index is -0.497. The Kier molecular flexibility index (Phi) is 6.36. The molecule has 2 aromatic carbocycles. The molecule has 0 unspecified atom stereocenters. The van der Waals surface area contributed by atoms with Gasteiger partial charge in [0.1, 0.15) is 18.2 Å². The van der Waals surface area contributed by atoms with Crippen LogP contribution in [0.4, 0.5) is 10.1 Å². The van der Waals surface area contributed by atoms with Gasteiger partial charge in [-0.2, -0.15) is 0 Å². The fraction of sp³-hybridized carbons (Fsp3) is 0.100. The van der Waals surface area contributed by atoms with Crippen molar-refractivity contribution >= 4 is 44.9 Å². The van der Waals surface area contributed by atoms with Gasteiger partial charge in [0.2, 0.25) is 5.91 Å². The van der Waals surface area contributed by atoms with Gasteiger partial charge in [0, 0.05) is 15.9 Å². The summed E-state index contributed by atoms with van der Waals surface area (Å²) in [5, 5.41) is 5.49. The summed E-state index contributed by atoms with van der Waals surface area (Å²) in [4.78, 5) is 16.3. The predicted molar refractivity (Wildman–Crippen MR) is 109 cm³/mol. The van der Waals surface area contributed by atoms with Gasteiger partial charge in [0.05, 0.1) is 16.4 Å². The average Bonchev–Trinajstić information content (AvgIpc) is 3.07. The number of nitrogens with one attached hydrogen (secondary N) is 1. The maximum absolute atomic E-state index is 13.7. The van der Waals surface area contributed by atoms with Crippen molar-refractivity contribution in [2.75, 3.05) is 5.32 Å². The summed E-state index contributed by atoms with van der Waals surface area (Å²) in [5.41, 5.74) is 1.87. The van der Waals surface area contributed by atoms with Crippen LogP contribution in [0.5, 0.6) is 5.75 Å². The average molecular weight is 447 g/mol. The molecule has 4 nitrogen and oxygen atoms in total. The van der Waals surface area contributed by atoms with Crippen LogP contribution in [0, 0.1) is 12.7 Å². The SMILES string of the molecule is Cc1nc(COc2ccc(/C=C/C(=O)Nc3ccc(Br)cc3F)cc2)cs1. The van der Waals surface area contributed by atoms with E-state index < -0.39 is 11.7 Å². The summed E-state index contributed by atoms with van der Waals surface area (Å²) in [7, 11) is 0. The Morgan fingerprint density at radius 2 is 2.07 bits per heavy atom. The van der Waals surface area contributed by atoms with Gasteiger partial charge in [-0.1, -0.05) is 28.1 Å². The van der Waals surface area contributed by atoms with E-state index in [0.717, 1.165) is 22.0 Å². The van der Waals surface area contributed by atoms with Crippen molar-refractivity contribution in [1.29, 1.82) is 0 Å². The number of ether oxygens (including phenoxy) is 1. The highest BCUT2D eigenvalue weighted by atomic mass is 79.9. The first-order valence-corrected chi connectivity index (χ1v) is 9.75. The minimum Gasteiger partial charge on any atom is -0.487 e. The van der Waals surface area contributed by atoms with Crippen LogP contribution in [0.15, 0.2) is 58.4 Å². The van der Waals surface area contributed by atoms with Gasteiger partial charge >= 0.3 is 0 Å². The van der Waals surface area contributed by atoms with Crippen LogP contribution in [0.1, 0.15) is 16.3 Å². The number of benzene rings is 2. The van der Waals surface area contributed by atoms with Gasteiger partial charge in [0.15, 0.2) is 0 Å². The van der Waals surface area contributed by atoms with Crippen molar-refractivity contribution in [2.45, 2.75) is 13.5 Å². The van der Waals surface area contributed by atoms with Crippen LogP contribution >= 0.6 is 27.3 Å². The van der Waals surface area contributed by atoms with E-state index in [-0.39, 0.29) is 5.69 Å². The van der Waals surface area contributed by atoms with Crippen LogP contribution in [0.25, 0.3) is 6.08 Å². The largest absolute Gasteiger partial charge is 0.487 e. The highest BCUT2D eigenvalue weighted by molar-refractivity contribution is 9.10. The van der Waals surface area contributed by atoms with E-state index in [0.29, 0.717) is 11.1 Å². The normalized spacial score (nSPS) is 10.9. The van der Waals surface area contributed by atoms with Crippen LogP contribution < -0.4 is 10.1 Å². The molecule has 0 saturated carbocycles. The molecule has 0 fully saturated rings. The second-order valence-corrected chi connectivity index (χ2v) is 7.64. The summed E-state index contributed by atoms with van der Waals surface area (Å²) >= 11 is 4.76. The van der Waals surface area contributed by atoms with E-state index in [1.54, 1.807) is 23.5 Å². The molecular formula is C20H16BrFN2O2S. The third-order valence-corrected chi connectivity index (χ3v) is 4.87.